The zero-order valence-electron chi connectivity index (χ0n) is 10.6. The van der Waals surface area contributed by atoms with Gasteiger partial charge in [-0.15, -0.1) is 5.10 Å². The second kappa shape index (κ2) is 6.81. The summed E-state index contributed by atoms with van der Waals surface area (Å²) >= 11 is 6.63. The number of halogens is 2. The second-order valence-corrected chi connectivity index (χ2v) is 5.88. The Labute approximate surface area is 136 Å². The molecule has 0 saturated heterocycles. The van der Waals surface area contributed by atoms with Crippen LogP contribution in [0, 0.1) is 0 Å². The van der Waals surface area contributed by atoms with Crippen LogP contribution in [0.5, 0.6) is 0 Å². The zero-order valence-corrected chi connectivity index (χ0v) is 13.8. The molecule has 1 aromatic carbocycles. The van der Waals surface area contributed by atoms with Crippen LogP contribution in [0.15, 0.2) is 33.3 Å². The number of carbonyl (C=O) groups excluding carboxylic acids is 1. The van der Waals surface area contributed by atoms with Crippen LogP contribution in [0.25, 0.3) is 0 Å². The normalized spacial score (nSPS) is 10.4. The van der Waals surface area contributed by atoms with Crippen molar-refractivity contribution in [2.75, 3.05) is 0 Å². The first-order valence-electron chi connectivity index (χ1n) is 5.80. The van der Waals surface area contributed by atoms with E-state index in [1.54, 1.807) is 18.2 Å². The van der Waals surface area contributed by atoms with Gasteiger partial charge in [-0.25, -0.2) is 4.68 Å². The summed E-state index contributed by atoms with van der Waals surface area (Å²) in [6.45, 7) is -0.0971. The maximum absolute atomic E-state index is 12.0. The van der Waals surface area contributed by atoms with Crippen molar-refractivity contribution in [2.45, 2.75) is 13.1 Å². The molecule has 1 aromatic heterocycles. The molecule has 0 fully saturated rings. The van der Waals surface area contributed by atoms with E-state index >= 15 is 0 Å². The molecule has 1 amide bonds. The molecule has 0 bridgehead atoms. The minimum atomic E-state index is -1.01. The zero-order chi connectivity index (χ0) is 15.4. The van der Waals surface area contributed by atoms with Crippen molar-refractivity contribution in [3.8, 4) is 0 Å². The van der Waals surface area contributed by atoms with E-state index in [1.807, 2.05) is 0 Å². The minimum Gasteiger partial charge on any atom is -0.480 e. The lowest BCUT2D eigenvalue weighted by Gasteiger charge is -2.05. The number of carbonyl (C=O) groups is 2. The maximum Gasteiger partial charge on any atom is 0.325 e. The van der Waals surface area contributed by atoms with Gasteiger partial charge in [0.05, 0.1) is 18.3 Å². The Morgan fingerprint density at radius 1 is 1.33 bits per heavy atom. The molecule has 2 N–H and O–H groups in total. The van der Waals surface area contributed by atoms with Crippen LogP contribution in [0.1, 0.15) is 16.1 Å². The fourth-order valence-electron chi connectivity index (χ4n) is 1.58. The van der Waals surface area contributed by atoms with Crippen LogP contribution in [0.2, 0.25) is 0 Å². The highest BCUT2D eigenvalue weighted by atomic mass is 79.9. The third kappa shape index (κ3) is 4.36. The molecule has 0 saturated carbocycles. The summed E-state index contributed by atoms with van der Waals surface area (Å²) in [5.41, 5.74) is 0.981. The fraction of sp³-hybridized carbons (Fsp3) is 0.167. The average Bonchev–Trinajstić information content (AvgIpc) is 2.82. The van der Waals surface area contributed by atoms with Gasteiger partial charge < -0.3 is 10.4 Å². The number of amides is 1. The molecular formula is C12H10Br2N4O3. The van der Waals surface area contributed by atoms with Crippen molar-refractivity contribution in [1.29, 1.82) is 0 Å². The van der Waals surface area contributed by atoms with Crippen molar-refractivity contribution in [1.82, 2.24) is 20.3 Å². The van der Waals surface area contributed by atoms with Crippen LogP contribution in [0.3, 0.4) is 0 Å². The highest BCUT2D eigenvalue weighted by molar-refractivity contribution is 9.11. The van der Waals surface area contributed by atoms with E-state index in [4.69, 9.17) is 5.11 Å². The molecule has 110 valence electrons. The van der Waals surface area contributed by atoms with E-state index in [0.717, 1.165) is 4.47 Å². The summed E-state index contributed by atoms with van der Waals surface area (Å²) in [6, 6.07) is 5.23. The Kier molecular flexibility index (Phi) is 5.07. The van der Waals surface area contributed by atoms with Crippen LogP contribution < -0.4 is 5.32 Å². The lowest BCUT2D eigenvalue weighted by Crippen LogP contribution is -2.23. The lowest BCUT2D eigenvalue weighted by molar-refractivity contribution is -0.137. The first-order valence-corrected chi connectivity index (χ1v) is 7.38. The lowest BCUT2D eigenvalue weighted by atomic mass is 10.2. The molecule has 0 aliphatic carbocycles. The van der Waals surface area contributed by atoms with Gasteiger partial charge in [-0.05, 0) is 34.1 Å². The third-order valence-electron chi connectivity index (χ3n) is 2.49. The number of rotatable bonds is 5. The average molecular weight is 418 g/mol. The quantitative estimate of drug-likeness (QED) is 0.773. The van der Waals surface area contributed by atoms with E-state index in [2.05, 4.69) is 47.5 Å². The summed E-state index contributed by atoms with van der Waals surface area (Å²) in [4.78, 5) is 22.6. The van der Waals surface area contributed by atoms with Crippen molar-refractivity contribution in [3.05, 3.63) is 44.6 Å². The second-order valence-electron chi connectivity index (χ2n) is 4.11. The molecule has 9 heteroatoms. The highest BCUT2D eigenvalue weighted by Gasteiger charge is 2.11. The van der Waals surface area contributed by atoms with Crippen LogP contribution in [0.4, 0.5) is 0 Å². The van der Waals surface area contributed by atoms with E-state index < -0.39 is 5.97 Å². The number of aliphatic carboxylic acids is 1. The summed E-state index contributed by atoms with van der Waals surface area (Å²) in [5, 5.41) is 18.8. The molecule has 2 aromatic rings. The fourth-order valence-corrected chi connectivity index (χ4v) is 2.80. The van der Waals surface area contributed by atoms with Crippen molar-refractivity contribution < 1.29 is 14.7 Å². The van der Waals surface area contributed by atoms with Crippen molar-refractivity contribution >= 4 is 43.7 Å². The van der Waals surface area contributed by atoms with Gasteiger partial charge in [0, 0.05) is 8.95 Å². The molecular weight excluding hydrogens is 408 g/mol. The summed E-state index contributed by atoms with van der Waals surface area (Å²) < 4.78 is 2.73. The molecule has 2 rings (SSSR count). The smallest absolute Gasteiger partial charge is 0.325 e. The number of hydrogen-bond donors (Lipinski definition) is 2. The van der Waals surface area contributed by atoms with Gasteiger partial charge in [-0.1, -0.05) is 21.1 Å². The van der Waals surface area contributed by atoms with Gasteiger partial charge >= 0.3 is 5.97 Å². The first kappa shape index (κ1) is 15.6. The molecule has 0 atom stereocenters. The third-order valence-corrected chi connectivity index (χ3v) is 3.64. The SMILES string of the molecule is O=C(O)Cn1cc(CNC(=O)c2ccc(Br)cc2Br)nn1. The van der Waals surface area contributed by atoms with Crippen LogP contribution in [-0.4, -0.2) is 32.0 Å². The van der Waals surface area contributed by atoms with Gasteiger partial charge in [0.25, 0.3) is 5.91 Å². The highest BCUT2D eigenvalue weighted by Crippen LogP contribution is 2.21. The largest absolute Gasteiger partial charge is 0.480 e. The van der Waals surface area contributed by atoms with Gasteiger partial charge in [0.15, 0.2) is 0 Å². The predicted molar refractivity (Wildman–Crippen MR) is 80.7 cm³/mol. The van der Waals surface area contributed by atoms with Crippen LogP contribution in [-0.2, 0) is 17.9 Å². The van der Waals surface area contributed by atoms with E-state index in [-0.39, 0.29) is 19.0 Å². The predicted octanol–water partition coefficient (Wildman–Crippen LogP) is 1.82. The summed E-state index contributed by atoms with van der Waals surface area (Å²) in [5.74, 6) is -1.27. The number of nitrogens with zero attached hydrogens (tertiary/aromatic N) is 3. The van der Waals surface area contributed by atoms with Crippen molar-refractivity contribution in [3.63, 3.8) is 0 Å². The summed E-state index contributed by atoms with van der Waals surface area (Å²) in [7, 11) is 0. The van der Waals surface area contributed by atoms with E-state index in [0.29, 0.717) is 15.7 Å². The number of nitrogens with one attached hydrogen (secondary N) is 1. The Bertz CT molecular complexity index is 687. The standard InChI is InChI=1S/C12H10Br2N4O3/c13-7-1-2-9(10(14)3-7)12(21)15-4-8-5-18(17-16-8)6-11(19)20/h1-3,5H,4,6H2,(H,15,21)(H,19,20). The van der Waals surface area contributed by atoms with E-state index in [1.165, 1.54) is 10.9 Å². The van der Waals surface area contributed by atoms with Gasteiger partial charge in [-0.3, -0.25) is 9.59 Å². The van der Waals surface area contributed by atoms with Crippen LogP contribution >= 0.6 is 31.9 Å². The maximum atomic E-state index is 12.0. The number of benzene rings is 1. The molecule has 21 heavy (non-hydrogen) atoms. The minimum absolute atomic E-state index is 0.168. The Morgan fingerprint density at radius 2 is 2.10 bits per heavy atom. The Balaban J connectivity index is 1.97. The molecule has 7 nitrogen and oxygen atoms in total. The van der Waals surface area contributed by atoms with E-state index in [9.17, 15) is 9.59 Å². The number of carboxylic acids is 1. The molecule has 1 heterocycles. The number of aromatic nitrogens is 3. The molecule has 0 spiro atoms. The number of hydrogen-bond acceptors (Lipinski definition) is 4. The molecule has 0 aliphatic rings. The van der Waals surface area contributed by atoms with Gasteiger partial charge in [-0.2, -0.15) is 0 Å². The number of carboxylic acid groups (broad SMARTS) is 1. The molecule has 0 unspecified atom stereocenters. The summed E-state index contributed by atoms with van der Waals surface area (Å²) in [6.07, 6.45) is 1.48. The first-order chi connectivity index (χ1) is 9.95. The monoisotopic (exact) mass is 416 g/mol. The Hall–Kier alpha value is -1.74. The van der Waals surface area contributed by atoms with Gasteiger partial charge in [0.1, 0.15) is 12.2 Å². The van der Waals surface area contributed by atoms with Gasteiger partial charge in [0.2, 0.25) is 0 Å². The topological polar surface area (TPSA) is 97.1 Å². The Morgan fingerprint density at radius 3 is 2.76 bits per heavy atom. The van der Waals surface area contributed by atoms with Crippen molar-refractivity contribution in [2.24, 2.45) is 0 Å². The molecule has 0 radical (unpaired) electrons. The molecule has 0 aliphatic heterocycles.